The second kappa shape index (κ2) is 9.44. The molecule has 0 unspecified atom stereocenters. The number of anilines is 1. The van der Waals surface area contributed by atoms with Crippen molar-refractivity contribution in [2.75, 3.05) is 12.0 Å². The van der Waals surface area contributed by atoms with E-state index in [0.717, 1.165) is 11.3 Å². The van der Waals surface area contributed by atoms with Gasteiger partial charge < -0.3 is 9.64 Å². The molecular weight excluding hydrogens is 557 g/mol. The summed E-state index contributed by atoms with van der Waals surface area (Å²) in [5.74, 6) is -1.26. The highest BCUT2D eigenvalue weighted by atomic mass is 35.5. The van der Waals surface area contributed by atoms with Gasteiger partial charge in [-0.3, -0.25) is 14.4 Å². The van der Waals surface area contributed by atoms with Crippen LogP contribution in [-0.4, -0.2) is 36.5 Å². The van der Waals surface area contributed by atoms with Crippen molar-refractivity contribution in [1.29, 1.82) is 0 Å². The molecule has 2 heterocycles. The molecule has 1 aliphatic carbocycles. The number of hydrogen-bond donors (Lipinski definition) is 0. The Balaban J connectivity index is 1.56. The molecule has 7 heteroatoms. The lowest BCUT2D eigenvalue weighted by Gasteiger charge is -2.37. The number of rotatable bonds is 4. The number of nitrogens with zero attached hydrogens (tertiary/aromatic N) is 1. The van der Waals surface area contributed by atoms with Gasteiger partial charge in [-0.15, -0.1) is 0 Å². The van der Waals surface area contributed by atoms with Gasteiger partial charge in [0.25, 0.3) is 0 Å². The minimum atomic E-state index is -1.63. The molecule has 4 aromatic carbocycles. The van der Waals surface area contributed by atoms with E-state index >= 15 is 0 Å². The van der Waals surface area contributed by atoms with Crippen LogP contribution in [-0.2, 0) is 0 Å². The summed E-state index contributed by atoms with van der Waals surface area (Å²) in [4.78, 5) is 46.1. The molecule has 5 nitrogen and oxygen atoms in total. The van der Waals surface area contributed by atoms with Crippen LogP contribution in [0.1, 0.15) is 48.1 Å². The zero-order chi connectivity index (χ0) is 28.5. The first kappa shape index (κ1) is 25.8. The molecule has 1 saturated heterocycles. The number of Topliss-reactive ketones (excluding diaryl/α,β-unsaturated/α-hetero) is 3. The Morgan fingerprint density at radius 3 is 2.27 bits per heavy atom. The first-order chi connectivity index (χ1) is 19.9. The highest BCUT2D eigenvalue weighted by Gasteiger charge is 2.71. The summed E-state index contributed by atoms with van der Waals surface area (Å²) in [6.07, 6.45) is 3.82. The molecule has 1 fully saturated rings. The first-order valence-electron chi connectivity index (χ1n) is 13.3. The quantitative estimate of drug-likeness (QED) is 0.187. The Bertz CT molecular complexity index is 1780. The van der Waals surface area contributed by atoms with Crippen LogP contribution in [0.25, 0.3) is 6.08 Å². The topological polar surface area (TPSA) is 63.7 Å². The number of benzene rings is 4. The Morgan fingerprint density at radius 1 is 0.854 bits per heavy atom. The Labute approximate surface area is 247 Å². The fourth-order valence-corrected chi connectivity index (χ4v) is 7.49. The maximum atomic E-state index is 14.8. The number of ether oxygens (including phenoxy) is 1. The molecule has 0 bridgehead atoms. The molecule has 0 amide bonds. The minimum Gasteiger partial charge on any atom is -0.497 e. The number of methoxy groups -OCH3 is 1. The van der Waals surface area contributed by atoms with Crippen molar-refractivity contribution in [3.05, 3.63) is 135 Å². The molecule has 202 valence electrons. The van der Waals surface area contributed by atoms with E-state index in [4.69, 9.17) is 27.9 Å². The average Bonchev–Trinajstić information content (AvgIpc) is 3.43. The molecular formula is C34H23Cl2NO4. The summed E-state index contributed by atoms with van der Waals surface area (Å²) in [5.41, 5.74) is 1.66. The third kappa shape index (κ3) is 3.52. The van der Waals surface area contributed by atoms with Crippen LogP contribution in [0.3, 0.4) is 0 Å². The van der Waals surface area contributed by atoms with Crippen molar-refractivity contribution < 1.29 is 19.1 Å². The van der Waals surface area contributed by atoms with Crippen molar-refractivity contribution in [2.24, 2.45) is 5.41 Å². The maximum Gasteiger partial charge on any atom is 0.186 e. The van der Waals surface area contributed by atoms with E-state index in [2.05, 4.69) is 0 Å². The SMILES string of the molecule is COc1cccc(C(=O)[C@H]2[C@H](c3ccc(Cl)cc3Cl)C3(C(=O)c4ccccc4C3=O)[C@H]3C=Cc4ccccc4N23)c1. The van der Waals surface area contributed by atoms with Crippen LogP contribution >= 0.6 is 23.2 Å². The van der Waals surface area contributed by atoms with E-state index in [-0.39, 0.29) is 17.3 Å². The summed E-state index contributed by atoms with van der Waals surface area (Å²) < 4.78 is 5.42. The lowest BCUT2D eigenvalue weighted by Crippen LogP contribution is -2.48. The van der Waals surface area contributed by atoms with Gasteiger partial charge in [0.1, 0.15) is 17.2 Å². The second-order valence-corrected chi connectivity index (χ2v) is 11.4. The van der Waals surface area contributed by atoms with Gasteiger partial charge in [0.15, 0.2) is 17.3 Å². The molecule has 0 radical (unpaired) electrons. The Morgan fingerprint density at radius 2 is 1.56 bits per heavy atom. The van der Waals surface area contributed by atoms with Gasteiger partial charge in [-0.25, -0.2) is 0 Å². The molecule has 0 saturated carbocycles. The molecule has 41 heavy (non-hydrogen) atoms. The van der Waals surface area contributed by atoms with Crippen molar-refractivity contribution in [3.63, 3.8) is 0 Å². The zero-order valence-electron chi connectivity index (χ0n) is 21.9. The molecule has 1 spiro atoms. The van der Waals surface area contributed by atoms with Gasteiger partial charge in [-0.05, 0) is 41.5 Å². The van der Waals surface area contributed by atoms with E-state index in [9.17, 15) is 14.4 Å². The predicted octanol–water partition coefficient (Wildman–Crippen LogP) is 7.32. The minimum absolute atomic E-state index is 0.247. The molecule has 4 aromatic rings. The Hall–Kier alpha value is -4.19. The van der Waals surface area contributed by atoms with Crippen molar-refractivity contribution in [1.82, 2.24) is 0 Å². The summed E-state index contributed by atoms with van der Waals surface area (Å²) in [6, 6.07) is 24.8. The zero-order valence-corrected chi connectivity index (χ0v) is 23.4. The van der Waals surface area contributed by atoms with Crippen LogP contribution in [0.15, 0.2) is 97.1 Å². The van der Waals surface area contributed by atoms with E-state index in [1.807, 2.05) is 41.3 Å². The highest BCUT2D eigenvalue weighted by Crippen LogP contribution is 2.61. The van der Waals surface area contributed by atoms with Crippen molar-refractivity contribution >= 4 is 52.3 Å². The summed E-state index contributed by atoms with van der Waals surface area (Å²) in [7, 11) is 1.54. The van der Waals surface area contributed by atoms with Crippen LogP contribution in [0.4, 0.5) is 5.69 Å². The molecule has 2 aliphatic heterocycles. The number of hydrogen-bond acceptors (Lipinski definition) is 5. The normalized spacial score (nSPS) is 21.5. The lowest BCUT2D eigenvalue weighted by molar-refractivity contribution is 0.0666. The molecule has 3 atom stereocenters. The number of ketones is 3. The van der Waals surface area contributed by atoms with Gasteiger partial charge in [-0.1, -0.05) is 96.0 Å². The number of halogens is 2. The highest BCUT2D eigenvalue weighted by molar-refractivity contribution is 6.36. The number of para-hydroxylation sites is 1. The lowest BCUT2D eigenvalue weighted by atomic mass is 9.64. The van der Waals surface area contributed by atoms with Crippen LogP contribution in [0.5, 0.6) is 5.75 Å². The number of carbonyl (C=O) groups excluding carboxylic acids is 3. The molecule has 0 aromatic heterocycles. The standard InChI is InChI=1S/C34H23Cl2NO4/c1-41-22-9-6-8-20(17-22)31(38)30-29(25-15-14-21(35)18-26(25)36)34(32(39)23-10-3-4-11-24(23)33(34)40)28-16-13-19-7-2-5-12-27(19)37(28)30/h2-18,28-30H,1H3/t28-,29+,30-/m1/s1. The number of fused-ring (bicyclic) bond motifs is 5. The van der Waals surface area contributed by atoms with Crippen molar-refractivity contribution in [3.8, 4) is 5.75 Å². The predicted molar refractivity (Wildman–Crippen MR) is 160 cm³/mol. The fraction of sp³-hybridized carbons (Fsp3) is 0.147. The van der Waals surface area contributed by atoms with Gasteiger partial charge >= 0.3 is 0 Å². The monoisotopic (exact) mass is 579 g/mol. The molecule has 0 N–H and O–H groups in total. The molecule has 3 aliphatic rings. The fourth-order valence-electron chi connectivity index (χ4n) is 6.96. The second-order valence-electron chi connectivity index (χ2n) is 10.5. The smallest absolute Gasteiger partial charge is 0.186 e. The van der Waals surface area contributed by atoms with Gasteiger partial charge in [0.05, 0.1) is 13.2 Å². The summed E-state index contributed by atoms with van der Waals surface area (Å²) in [6.45, 7) is 0. The number of carbonyl (C=O) groups is 3. The third-order valence-electron chi connectivity index (χ3n) is 8.63. The van der Waals surface area contributed by atoms with Gasteiger partial charge in [0, 0.05) is 38.3 Å². The average molecular weight is 580 g/mol. The maximum absolute atomic E-state index is 14.8. The largest absolute Gasteiger partial charge is 0.497 e. The van der Waals surface area contributed by atoms with E-state index < -0.39 is 23.4 Å². The third-order valence-corrected chi connectivity index (χ3v) is 9.20. The van der Waals surface area contributed by atoms with E-state index in [1.165, 1.54) is 0 Å². The first-order valence-corrected chi connectivity index (χ1v) is 14.0. The van der Waals surface area contributed by atoms with Gasteiger partial charge in [-0.2, -0.15) is 0 Å². The van der Waals surface area contributed by atoms with Crippen LogP contribution < -0.4 is 9.64 Å². The van der Waals surface area contributed by atoms with E-state index in [0.29, 0.717) is 38.0 Å². The van der Waals surface area contributed by atoms with Gasteiger partial charge in [0.2, 0.25) is 0 Å². The Kier molecular flexibility index (Phi) is 5.93. The van der Waals surface area contributed by atoms with E-state index in [1.54, 1.807) is 73.8 Å². The summed E-state index contributed by atoms with van der Waals surface area (Å²) >= 11 is 13.2. The van der Waals surface area contributed by atoms with Crippen LogP contribution in [0.2, 0.25) is 10.0 Å². The van der Waals surface area contributed by atoms with Crippen molar-refractivity contribution in [2.45, 2.75) is 18.0 Å². The summed E-state index contributed by atoms with van der Waals surface area (Å²) in [5, 5.41) is 0.704. The molecule has 7 rings (SSSR count). The van der Waals surface area contributed by atoms with Crippen LogP contribution in [0, 0.1) is 5.41 Å².